The Balaban J connectivity index is 0.000000196. The van der Waals surface area contributed by atoms with Gasteiger partial charge in [-0.25, -0.2) is 13.1 Å². The Morgan fingerprint density at radius 1 is 1.16 bits per heavy atom. The number of aromatic nitrogens is 4. The molecule has 138 valence electrons. The van der Waals surface area contributed by atoms with Gasteiger partial charge in [0, 0.05) is 12.5 Å². The molecule has 0 saturated heterocycles. The van der Waals surface area contributed by atoms with Crippen LogP contribution < -0.4 is 4.72 Å². The number of nitrogens with one attached hydrogen (secondary N) is 1. The van der Waals surface area contributed by atoms with E-state index in [9.17, 15) is 8.42 Å². The number of hydrogen-bond donors (Lipinski definition) is 1. The molecule has 2 aromatic rings. The van der Waals surface area contributed by atoms with Crippen LogP contribution in [-0.4, -0.2) is 39.9 Å². The highest BCUT2D eigenvalue weighted by molar-refractivity contribution is 7.90. The Hall–Kier alpha value is -1.80. The van der Waals surface area contributed by atoms with E-state index in [1.807, 2.05) is 45.9 Å². The average Bonchev–Trinajstić information content (AvgIpc) is 3.29. The highest BCUT2D eigenvalue weighted by Crippen LogP contribution is 2.27. The maximum Gasteiger partial charge on any atom is 0.214 e. The topological polar surface area (TPSA) is 89.8 Å². The fourth-order valence-electron chi connectivity index (χ4n) is 2.13. The van der Waals surface area contributed by atoms with E-state index in [4.69, 9.17) is 0 Å². The van der Waals surface area contributed by atoms with Crippen molar-refractivity contribution in [1.29, 1.82) is 0 Å². The molecule has 1 aliphatic rings. The number of sulfonamides is 1. The van der Waals surface area contributed by atoms with Crippen LogP contribution in [0.3, 0.4) is 0 Å². The van der Waals surface area contributed by atoms with Gasteiger partial charge in [-0.2, -0.15) is 4.80 Å². The average molecular weight is 366 g/mol. The minimum atomic E-state index is -2.94. The first-order valence-corrected chi connectivity index (χ1v) is 10.2. The predicted molar refractivity (Wildman–Crippen MR) is 97.7 cm³/mol. The fourth-order valence-corrected chi connectivity index (χ4v) is 3.73. The Bertz CT molecular complexity index is 752. The van der Waals surface area contributed by atoms with Gasteiger partial charge in [-0.05, 0) is 51.3 Å². The van der Waals surface area contributed by atoms with E-state index in [1.54, 1.807) is 4.80 Å². The monoisotopic (exact) mass is 365 g/mol. The Morgan fingerprint density at radius 2 is 1.80 bits per heavy atom. The summed E-state index contributed by atoms with van der Waals surface area (Å²) in [5, 5.41) is 12.2. The minimum absolute atomic E-state index is 0.0330. The van der Waals surface area contributed by atoms with E-state index >= 15 is 0 Å². The summed E-state index contributed by atoms with van der Waals surface area (Å²) in [4.78, 5) is 1.64. The van der Waals surface area contributed by atoms with Gasteiger partial charge >= 0.3 is 0 Å². The minimum Gasteiger partial charge on any atom is -0.212 e. The number of rotatable bonds is 6. The smallest absolute Gasteiger partial charge is 0.212 e. The van der Waals surface area contributed by atoms with Gasteiger partial charge in [0.15, 0.2) is 5.82 Å². The van der Waals surface area contributed by atoms with Crippen molar-refractivity contribution in [2.24, 2.45) is 0 Å². The zero-order valence-corrected chi connectivity index (χ0v) is 16.1. The van der Waals surface area contributed by atoms with Crippen LogP contribution in [0, 0.1) is 0 Å². The quantitative estimate of drug-likeness (QED) is 0.848. The largest absolute Gasteiger partial charge is 0.214 e. The van der Waals surface area contributed by atoms with E-state index in [1.165, 1.54) is 5.56 Å². The highest BCUT2D eigenvalue weighted by atomic mass is 32.2. The molecule has 0 radical (unpaired) electrons. The molecule has 1 aliphatic carbocycles. The van der Waals surface area contributed by atoms with E-state index < -0.39 is 10.0 Å². The SMILES string of the molecule is CC(C)NS(=O)(=O)C1CC1.CC(C)n1nnc(Cc2ccccc2)n1. The van der Waals surface area contributed by atoms with E-state index in [0.29, 0.717) is 0 Å². The summed E-state index contributed by atoms with van der Waals surface area (Å²) in [6, 6.07) is 10.5. The first-order valence-electron chi connectivity index (χ1n) is 8.61. The molecule has 0 unspecified atom stereocenters. The summed E-state index contributed by atoms with van der Waals surface area (Å²) in [7, 11) is -2.94. The molecule has 1 N–H and O–H groups in total. The van der Waals surface area contributed by atoms with E-state index in [2.05, 4.69) is 32.3 Å². The summed E-state index contributed by atoms with van der Waals surface area (Å²) in [6.45, 7) is 7.74. The third-order valence-electron chi connectivity index (χ3n) is 3.50. The van der Waals surface area contributed by atoms with Crippen LogP contribution in [0.2, 0.25) is 0 Å². The van der Waals surface area contributed by atoms with Crippen LogP contribution in [0.4, 0.5) is 0 Å². The summed E-state index contributed by atoms with van der Waals surface area (Å²) >= 11 is 0. The molecule has 8 heteroatoms. The summed E-state index contributed by atoms with van der Waals surface area (Å²) in [5.41, 5.74) is 1.21. The lowest BCUT2D eigenvalue weighted by Crippen LogP contribution is -2.32. The van der Waals surface area contributed by atoms with Crippen molar-refractivity contribution in [3.63, 3.8) is 0 Å². The van der Waals surface area contributed by atoms with Gasteiger partial charge in [-0.1, -0.05) is 30.3 Å². The third-order valence-corrected chi connectivity index (χ3v) is 5.65. The van der Waals surface area contributed by atoms with Crippen LogP contribution in [0.25, 0.3) is 0 Å². The molecule has 0 amide bonds. The Kier molecular flexibility index (Phi) is 6.66. The zero-order chi connectivity index (χ0) is 18.4. The van der Waals surface area contributed by atoms with Gasteiger partial charge in [0.1, 0.15) is 0 Å². The van der Waals surface area contributed by atoms with E-state index in [0.717, 1.165) is 25.1 Å². The summed E-state index contributed by atoms with van der Waals surface area (Å²) in [5.74, 6) is 0.773. The molecule has 7 nitrogen and oxygen atoms in total. The molecule has 1 aromatic heterocycles. The van der Waals surface area contributed by atoms with Crippen molar-refractivity contribution in [2.75, 3.05) is 0 Å². The number of benzene rings is 1. The summed E-state index contributed by atoms with van der Waals surface area (Å²) in [6.07, 6.45) is 2.41. The second kappa shape index (κ2) is 8.53. The first-order chi connectivity index (χ1) is 11.8. The van der Waals surface area contributed by atoms with Crippen molar-refractivity contribution in [3.8, 4) is 0 Å². The predicted octanol–water partition coefficient (Wildman–Crippen LogP) is 2.32. The normalized spacial score (nSPS) is 14.5. The standard InChI is InChI=1S/C11H14N4.C6H13NO2S/c1-9(2)15-13-11(12-14-15)8-10-6-4-3-5-7-10;1-5(2)7-10(8,9)6-3-4-6/h3-7,9H,8H2,1-2H3;5-7H,3-4H2,1-2H3. The highest BCUT2D eigenvalue weighted by Gasteiger charge is 2.35. The van der Waals surface area contributed by atoms with Crippen molar-refractivity contribution < 1.29 is 8.42 Å². The van der Waals surface area contributed by atoms with Crippen molar-refractivity contribution >= 4 is 10.0 Å². The number of hydrogen-bond acceptors (Lipinski definition) is 5. The molecule has 1 saturated carbocycles. The summed E-state index contributed by atoms with van der Waals surface area (Å²) < 4.78 is 24.7. The number of tetrazole rings is 1. The van der Waals surface area contributed by atoms with Crippen LogP contribution >= 0.6 is 0 Å². The number of nitrogens with zero attached hydrogens (tertiary/aromatic N) is 4. The van der Waals surface area contributed by atoms with Gasteiger partial charge in [-0.15, -0.1) is 10.2 Å². The van der Waals surface area contributed by atoms with Gasteiger partial charge < -0.3 is 0 Å². The first kappa shape index (κ1) is 19.5. The van der Waals surface area contributed by atoms with Gasteiger partial charge in [0.2, 0.25) is 10.0 Å². The van der Waals surface area contributed by atoms with E-state index in [-0.39, 0.29) is 17.3 Å². The maximum absolute atomic E-state index is 11.1. The Labute approximate surface area is 149 Å². The lowest BCUT2D eigenvalue weighted by Gasteiger charge is -2.07. The molecule has 0 atom stereocenters. The molecular weight excluding hydrogens is 338 g/mol. The molecule has 0 bridgehead atoms. The van der Waals surface area contributed by atoms with Crippen LogP contribution in [0.15, 0.2) is 30.3 Å². The van der Waals surface area contributed by atoms with Crippen LogP contribution in [0.5, 0.6) is 0 Å². The molecule has 25 heavy (non-hydrogen) atoms. The molecule has 3 rings (SSSR count). The van der Waals surface area contributed by atoms with Gasteiger partial charge in [0.05, 0.1) is 11.3 Å². The third kappa shape index (κ3) is 6.55. The second-order valence-electron chi connectivity index (χ2n) is 6.80. The van der Waals surface area contributed by atoms with Crippen molar-refractivity contribution in [1.82, 2.24) is 24.9 Å². The van der Waals surface area contributed by atoms with Crippen LogP contribution in [0.1, 0.15) is 58.0 Å². The van der Waals surface area contributed by atoms with Gasteiger partial charge in [0.25, 0.3) is 0 Å². The lowest BCUT2D eigenvalue weighted by molar-refractivity contribution is 0.454. The van der Waals surface area contributed by atoms with Gasteiger partial charge in [-0.3, -0.25) is 0 Å². The molecule has 0 spiro atoms. The molecule has 0 aliphatic heterocycles. The van der Waals surface area contributed by atoms with Crippen molar-refractivity contribution in [2.45, 2.75) is 64.3 Å². The zero-order valence-electron chi connectivity index (χ0n) is 15.3. The lowest BCUT2D eigenvalue weighted by atomic mass is 10.1. The molecule has 1 aromatic carbocycles. The molecule has 1 heterocycles. The molecular formula is C17H27N5O2S. The second-order valence-corrected chi connectivity index (χ2v) is 8.79. The Morgan fingerprint density at radius 3 is 2.28 bits per heavy atom. The van der Waals surface area contributed by atoms with Crippen molar-refractivity contribution in [3.05, 3.63) is 41.7 Å². The fraction of sp³-hybridized carbons (Fsp3) is 0.588. The maximum atomic E-state index is 11.1. The van der Waals surface area contributed by atoms with Crippen LogP contribution in [-0.2, 0) is 16.4 Å². The molecule has 1 fully saturated rings.